The number of benzene rings is 2. The molecule has 0 spiro atoms. The Labute approximate surface area is 205 Å². The van der Waals surface area contributed by atoms with Gasteiger partial charge < -0.3 is 5.32 Å². The second kappa shape index (κ2) is 12.7. The molecule has 1 heterocycles. The lowest BCUT2D eigenvalue weighted by atomic mass is 10.2. The maximum Gasteiger partial charge on any atom is 0.240 e. The van der Waals surface area contributed by atoms with Crippen molar-refractivity contribution in [3.05, 3.63) is 60.4 Å². The number of thioether (sulfide) groups is 1. The van der Waals surface area contributed by atoms with Crippen molar-refractivity contribution in [2.24, 2.45) is 0 Å². The van der Waals surface area contributed by atoms with Crippen LogP contribution in [0.15, 0.2) is 64.6 Å². The zero-order valence-electron chi connectivity index (χ0n) is 19.5. The SMILES string of the molecule is CCCCCCNS(=O)(=O)c1ccc(NC(=O)CSc2nnc(CC)n2-c2ccccc2)cc1. The maximum absolute atomic E-state index is 12.5. The highest BCUT2D eigenvalue weighted by Crippen LogP contribution is 2.23. The lowest BCUT2D eigenvalue weighted by Crippen LogP contribution is -2.24. The fraction of sp³-hybridized carbons (Fsp3) is 0.375. The van der Waals surface area contributed by atoms with Crippen molar-refractivity contribution in [2.45, 2.75) is 56.0 Å². The van der Waals surface area contributed by atoms with Crippen LogP contribution in [-0.2, 0) is 21.2 Å². The molecule has 0 saturated carbocycles. The monoisotopic (exact) mass is 501 g/mol. The Bertz CT molecular complexity index is 1160. The van der Waals surface area contributed by atoms with E-state index >= 15 is 0 Å². The average molecular weight is 502 g/mol. The number of unbranched alkanes of at least 4 members (excludes halogenated alkanes) is 3. The summed E-state index contributed by atoms with van der Waals surface area (Å²) in [6, 6.07) is 16.0. The summed E-state index contributed by atoms with van der Waals surface area (Å²) in [6.07, 6.45) is 4.74. The van der Waals surface area contributed by atoms with Crippen LogP contribution >= 0.6 is 11.8 Å². The second-order valence-electron chi connectivity index (χ2n) is 7.74. The number of aryl methyl sites for hydroxylation is 1. The van der Waals surface area contributed by atoms with E-state index in [0.717, 1.165) is 43.6 Å². The van der Waals surface area contributed by atoms with E-state index in [2.05, 4.69) is 27.2 Å². The molecule has 10 heteroatoms. The van der Waals surface area contributed by atoms with Crippen LogP contribution in [0.2, 0.25) is 0 Å². The Morgan fingerprint density at radius 2 is 1.71 bits per heavy atom. The van der Waals surface area contributed by atoms with Gasteiger partial charge in [0.2, 0.25) is 15.9 Å². The molecule has 182 valence electrons. The molecule has 0 atom stereocenters. The molecule has 0 aliphatic carbocycles. The highest BCUT2D eigenvalue weighted by molar-refractivity contribution is 7.99. The van der Waals surface area contributed by atoms with Crippen LogP contribution in [0, 0.1) is 0 Å². The van der Waals surface area contributed by atoms with Crippen molar-refractivity contribution >= 4 is 33.4 Å². The number of rotatable bonds is 13. The number of anilines is 1. The summed E-state index contributed by atoms with van der Waals surface area (Å²) in [5, 5.41) is 11.9. The Hall–Kier alpha value is -2.69. The van der Waals surface area contributed by atoms with E-state index in [9.17, 15) is 13.2 Å². The van der Waals surface area contributed by atoms with Crippen molar-refractivity contribution in [1.29, 1.82) is 0 Å². The van der Waals surface area contributed by atoms with E-state index < -0.39 is 10.0 Å². The van der Waals surface area contributed by atoms with Crippen molar-refractivity contribution < 1.29 is 13.2 Å². The number of hydrogen-bond acceptors (Lipinski definition) is 6. The number of hydrogen-bond donors (Lipinski definition) is 2. The van der Waals surface area contributed by atoms with Gasteiger partial charge in [0.25, 0.3) is 0 Å². The summed E-state index contributed by atoms with van der Waals surface area (Å²) in [5.74, 6) is 0.758. The normalized spacial score (nSPS) is 11.5. The van der Waals surface area contributed by atoms with Gasteiger partial charge in [-0.1, -0.05) is 63.1 Å². The van der Waals surface area contributed by atoms with Crippen LogP contribution in [-0.4, -0.2) is 41.4 Å². The number of aromatic nitrogens is 3. The van der Waals surface area contributed by atoms with Crippen LogP contribution in [0.25, 0.3) is 5.69 Å². The average Bonchev–Trinajstić information content (AvgIpc) is 3.26. The van der Waals surface area contributed by atoms with Crippen molar-refractivity contribution in [2.75, 3.05) is 17.6 Å². The van der Waals surface area contributed by atoms with Crippen LogP contribution in [0.5, 0.6) is 0 Å². The number of nitrogens with zero attached hydrogens (tertiary/aromatic N) is 3. The molecule has 34 heavy (non-hydrogen) atoms. The number of amides is 1. The quantitative estimate of drug-likeness (QED) is 0.265. The standard InChI is InChI=1S/C24H31N5O3S2/c1-3-5-6-10-17-25-34(31,32)21-15-13-19(14-16-21)26-23(30)18-33-24-28-27-22(4-2)29(24)20-11-8-7-9-12-20/h7-9,11-16,25H,3-6,10,17-18H2,1-2H3,(H,26,30). The Kier molecular flexibility index (Phi) is 9.67. The smallest absolute Gasteiger partial charge is 0.240 e. The number of nitrogens with one attached hydrogen (secondary N) is 2. The van der Waals surface area contributed by atoms with Gasteiger partial charge in [-0.25, -0.2) is 13.1 Å². The molecule has 2 aromatic carbocycles. The summed E-state index contributed by atoms with van der Waals surface area (Å²) < 4.78 is 29.4. The van der Waals surface area contributed by atoms with Crippen molar-refractivity contribution in [3.8, 4) is 5.69 Å². The van der Waals surface area contributed by atoms with Gasteiger partial charge in [-0.3, -0.25) is 9.36 Å². The first-order chi connectivity index (χ1) is 16.4. The lowest BCUT2D eigenvalue weighted by Gasteiger charge is -2.10. The van der Waals surface area contributed by atoms with E-state index in [1.807, 2.05) is 41.8 Å². The predicted octanol–water partition coefficient (Wildman–Crippen LogP) is 4.42. The third-order valence-electron chi connectivity index (χ3n) is 5.13. The maximum atomic E-state index is 12.5. The zero-order chi connectivity index (χ0) is 24.4. The first-order valence-corrected chi connectivity index (χ1v) is 13.9. The van der Waals surface area contributed by atoms with Gasteiger partial charge in [-0.2, -0.15) is 0 Å². The number of carbonyl (C=O) groups is 1. The van der Waals surface area contributed by atoms with Crippen molar-refractivity contribution in [3.63, 3.8) is 0 Å². The largest absolute Gasteiger partial charge is 0.325 e. The van der Waals surface area contributed by atoms with Crippen LogP contribution < -0.4 is 10.0 Å². The van der Waals surface area contributed by atoms with Crippen LogP contribution in [0.4, 0.5) is 5.69 Å². The molecule has 0 saturated heterocycles. The molecule has 3 rings (SSSR count). The van der Waals surface area contributed by atoms with Gasteiger partial charge in [0, 0.05) is 24.3 Å². The summed E-state index contributed by atoms with van der Waals surface area (Å²) in [6.45, 7) is 4.55. The molecule has 0 fully saturated rings. The van der Waals surface area contributed by atoms with Crippen LogP contribution in [0.1, 0.15) is 45.4 Å². The van der Waals surface area contributed by atoms with Gasteiger partial charge in [0.05, 0.1) is 10.6 Å². The minimum Gasteiger partial charge on any atom is -0.325 e. The van der Waals surface area contributed by atoms with E-state index in [4.69, 9.17) is 0 Å². The Morgan fingerprint density at radius 3 is 2.38 bits per heavy atom. The van der Waals surface area contributed by atoms with E-state index in [-0.39, 0.29) is 16.6 Å². The van der Waals surface area contributed by atoms with Gasteiger partial charge in [-0.15, -0.1) is 10.2 Å². The fourth-order valence-electron chi connectivity index (χ4n) is 3.35. The van der Waals surface area contributed by atoms with Gasteiger partial charge in [0.15, 0.2) is 5.16 Å². The van der Waals surface area contributed by atoms with E-state index in [1.165, 1.54) is 23.9 Å². The summed E-state index contributed by atoms with van der Waals surface area (Å²) in [7, 11) is -3.56. The number of para-hydroxylation sites is 1. The molecule has 0 aliphatic rings. The van der Waals surface area contributed by atoms with E-state index in [0.29, 0.717) is 17.4 Å². The summed E-state index contributed by atoms with van der Waals surface area (Å²) in [4.78, 5) is 12.7. The lowest BCUT2D eigenvalue weighted by molar-refractivity contribution is -0.113. The minimum absolute atomic E-state index is 0.147. The molecule has 1 amide bonds. The van der Waals surface area contributed by atoms with E-state index in [1.54, 1.807) is 12.1 Å². The number of carbonyl (C=O) groups excluding carboxylic acids is 1. The highest BCUT2D eigenvalue weighted by Gasteiger charge is 2.16. The fourth-order valence-corrected chi connectivity index (χ4v) is 5.19. The molecule has 3 aromatic rings. The first kappa shape index (κ1) is 25.9. The molecular weight excluding hydrogens is 470 g/mol. The first-order valence-electron chi connectivity index (χ1n) is 11.5. The van der Waals surface area contributed by atoms with Gasteiger partial charge in [-0.05, 0) is 42.8 Å². The molecule has 0 bridgehead atoms. The molecule has 2 N–H and O–H groups in total. The molecule has 0 aliphatic heterocycles. The summed E-state index contributed by atoms with van der Waals surface area (Å²) in [5.41, 5.74) is 1.48. The van der Waals surface area contributed by atoms with Gasteiger partial charge >= 0.3 is 0 Å². The van der Waals surface area contributed by atoms with Gasteiger partial charge in [0.1, 0.15) is 5.82 Å². The highest BCUT2D eigenvalue weighted by atomic mass is 32.2. The topological polar surface area (TPSA) is 106 Å². The Balaban J connectivity index is 1.56. The molecule has 0 unspecified atom stereocenters. The molecular formula is C24H31N5O3S2. The predicted molar refractivity (Wildman–Crippen MR) is 136 cm³/mol. The van der Waals surface area contributed by atoms with Crippen LogP contribution in [0.3, 0.4) is 0 Å². The molecule has 8 nitrogen and oxygen atoms in total. The molecule has 0 radical (unpaired) electrons. The zero-order valence-corrected chi connectivity index (χ0v) is 21.2. The van der Waals surface area contributed by atoms with Crippen molar-refractivity contribution in [1.82, 2.24) is 19.5 Å². The molecule has 1 aromatic heterocycles. The number of sulfonamides is 1. The summed E-state index contributed by atoms with van der Waals surface area (Å²) >= 11 is 1.30. The Morgan fingerprint density at radius 1 is 0.971 bits per heavy atom. The minimum atomic E-state index is -3.56. The third-order valence-corrected chi connectivity index (χ3v) is 7.54. The third kappa shape index (κ3) is 7.15. The second-order valence-corrected chi connectivity index (χ2v) is 10.5.